The van der Waals surface area contributed by atoms with E-state index in [0.717, 1.165) is 6.07 Å². The summed E-state index contributed by atoms with van der Waals surface area (Å²) >= 11 is 16.8. The second-order valence-electron chi connectivity index (χ2n) is 2.95. The molecule has 0 spiro atoms. The number of hydrogen-bond donors (Lipinski definition) is 1. The normalized spacial score (nSPS) is 10.4. The fourth-order valence-electron chi connectivity index (χ4n) is 1.09. The number of aromatic nitrogens is 3. The van der Waals surface area contributed by atoms with Crippen LogP contribution in [0.4, 0.5) is 16.0 Å². The molecular weight excluding hydrogens is 289 g/mol. The summed E-state index contributed by atoms with van der Waals surface area (Å²) in [4.78, 5) is 11.0. The highest BCUT2D eigenvalue weighted by molar-refractivity contribution is 6.31. The maximum Gasteiger partial charge on any atom is 0.232 e. The molecule has 0 fully saturated rings. The van der Waals surface area contributed by atoms with Crippen molar-refractivity contribution in [3.05, 3.63) is 39.6 Å². The number of halogens is 4. The molecule has 0 atom stereocenters. The molecular formula is C9H4Cl3FN4. The van der Waals surface area contributed by atoms with E-state index in [1.54, 1.807) is 0 Å². The minimum absolute atomic E-state index is 0.0521. The van der Waals surface area contributed by atoms with Gasteiger partial charge in [-0.2, -0.15) is 15.0 Å². The van der Waals surface area contributed by atoms with E-state index in [9.17, 15) is 4.39 Å². The largest absolute Gasteiger partial charge is 0.321 e. The van der Waals surface area contributed by atoms with Gasteiger partial charge in [0.1, 0.15) is 5.82 Å². The van der Waals surface area contributed by atoms with Gasteiger partial charge in [0.05, 0.1) is 5.69 Å². The average molecular weight is 294 g/mol. The van der Waals surface area contributed by atoms with Crippen molar-refractivity contribution in [1.29, 1.82) is 0 Å². The summed E-state index contributed by atoms with van der Waals surface area (Å²) in [7, 11) is 0. The summed E-state index contributed by atoms with van der Waals surface area (Å²) in [6, 6.07) is 4.13. The van der Waals surface area contributed by atoms with Crippen LogP contribution in [-0.2, 0) is 0 Å². The molecule has 0 aliphatic carbocycles. The first-order valence-corrected chi connectivity index (χ1v) is 5.47. The van der Waals surface area contributed by atoms with E-state index in [1.165, 1.54) is 12.1 Å². The second-order valence-corrected chi connectivity index (χ2v) is 4.06. The lowest BCUT2D eigenvalue weighted by atomic mass is 10.3. The Morgan fingerprint density at radius 3 is 2.24 bits per heavy atom. The van der Waals surface area contributed by atoms with Gasteiger partial charge in [-0.15, -0.1) is 0 Å². The fourth-order valence-corrected chi connectivity index (χ4v) is 1.62. The van der Waals surface area contributed by atoms with Crippen molar-refractivity contribution in [1.82, 2.24) is 15.0 Å². The molecule has 17 heavy (non-hydrogen) atoms. The van der Waals surface area contributed by atoms with E-state index in [-0.39, 0.29) is 22.2 Å². The molecule has 0 radical (unpaired) electrons. The highest BCUT2D eigenvalue weighted by Gasteiger charge is 2.07. The average Bonchev–Trinajstić information content (AvgIpc) is 2.21. The minimum Gasteiger partial charge on any atom is -0.321 e. The first kappa shape index (κ1) is 12.3. The van der Waals surface area contributed by atoms with Gasteiger partial charge in [0.15, 0.2) is 0 Å². The molecule has 1 aromatic heterocycles. The predicted molar refractivity (Wildman–Crippen MR) is 64.5 cm³/mol. The van der Waals surface area contributed by atoms with Crippen LogP contribution in [-0.4, -0.2) is 15.0 Å². The minimum atomic E-state index is -0.537. The van der Waals surface area contributed by atoms with Crippen molar-refractivity contribution in [3.63, 3.8) is 0 Å². The number of anilines is 2. The summed E-state index contributed by atoms with van der Waals surface area (Å²) in [5, 5.41) is 2.74. The van der Waals surface area contributed by atoms with E-state index in [1.807, 2.05) is 0 Å². The summed E-state index contributed by atoms with van der Waals surface area (Å²) in [6.07, 6.45) is 0. The first-order chi connectivity index (χ1) is 8.04. The highest BCUT2D eigenvalue weighted by Crippen LogP contribution is 2.22. The van der Waals surface area contributed by atoms with Crippen molar-refractivity contribution in [2.45, 2.75) is 0 Å². The van der Waals surface area contributed by atoms with Gasteiger partial charge in [0.25, 0.3) is 0 Å². The third kappa shape index (κ3) is 3.15. The van der Waals surface area contributed by atoms with Crippen LogP contribution >= 0.6 is 34.8 Å². The number of nitrogens with one attached hydrogen (secondary N) is 1. The first-order valence-electron chi connectivity index (χ1n) is 4.34. The molecule has 0 saturated carbocycles. The van der Waals surface area contributed by atoms with Crippen molar-refractivity contribution >= 4 is 46.4 Å². The van der Waals surface area contributed by atoms with Gasteiger partial charge in [0, 0.05) is 5.02 Å². The standard InChI is InChI=1S/C9H4Cl3FN4/c10-4-1-2-6(5(13)3-4)14-9-16-7(11)15-8(12)17-9/h1-3H,(H,14,15,16,17). The predicted octanol–water partition coefficient (Wildman–Crippen LogP) is 3.71. The Morgan fingerprint density at radius 2 is 1.65 bits per heavy atom. The third-order valence-electron chi connectivity index (χ3n) is 1.76. The van der Waals surface area contributed by atoms with Crippen LogP contribution in [0.1, 0.15) is 0 Å². The molecule has 88 valence electrons. The summed E-state index contributed by atoms with van der Waals surface area (Å²) in [6.45, 7) is 0. The molecule has 8 heteroatoms. The Labute approximate surface area is 111 Å². The summed E-state index contributed by atoms with van der Waals surface area (Å²) < 4.78 is 13.5. The van der Waals surface area contributed by atoms with Crippen molar-refractivity contribution in [2.75, 3.05) is 5.32 Å². The van der Waals surface area contributed by atoms with Crippen LogP contribution in [0.5, 0.6) is 0 Å². The van der Waals surface area contributed by atoms with E-state index in [0.29, 0.717) is 5.02 Å². The Balaban J connectivity index is 2.31. The van der Waals surface area contributed by atoms with Gasteiger partial charge in [-0.25, -0.2) is 4.39 Å². The van der Waals surface area contributed by atoms with Crippen molar-refractivity contribution in [2.24, 2.45) is 0 Å². The van der Waals surface area contributed by atoms with Gasteiger partial charge in [-0.1, -0.05) is 11.6 Å². The lowest BCUT2D eigenvalue weighted by Crippen LogP contribution is -2.00. The Morgan fingerprint density at radius 1 is 1.00 bits per heavy atom. The maximum absolute atomic E-state index is 13.5. The van der Waals surface area contributed by atoms with Crippen LogP contribution in [0, 0.1) is 5.82 Å². The maximum atomic E-state index is 13.5. The number of rotatable bonds is 2. The van der Waals surface area contributed by atoms with Crippen molar-refractivity contribution < 1.29 is 4.39 Å². The zero-order valence-corrected chi connectivity index (χ0v) is 10.4. The molecule has 1 heterocycles. The molecule has 1 N–H and O–H groups in total. The van der Waals surface area contributed by atoms with E-state index in [4.69, 9.17) is 34.8 Å². The Hall–Kier alpha value is -1.17. The zero-order chi connectivity index (χ0) is 12.4. The quantitative estimate of drug-likeness (QED) is 0.917. The van der Waals surface area contributed by atoms with Crippen molar-refractivity contribution in [3.8, 4) is 0 Å². The summed E-state index contributed by atoms with van der Waals surface area (Å²) in [5.41, 5.74) is 0.160. The number of nitrogens with zero attached hydrogens (tertiary/aromatic N) is 3. The van der Waals surface area contributed by atoms with E-state index >= 15 is 0 Å². The molecule has 4 nitrogen and oxygen atoms in total. The Kier molecular flexibility index (Phi) is 3.61. The lowest BCUT2D eigenvalue weighted by Gasteiger charge is -2.06. The molecule has 2 aromatic rings. The van der Waals surface area contributed by atoms with Crippen LogP contribution < -0.4 is 5.32 Å². The van der Waals surface area contributed by atoms with Gasteiger partial charge in [0.2, 0.25) is 16.5 Å². The monoisotopic (exact) mass is 292 g/mol. The SMILES string of the molecule is Fc1cc(Cl)ccc1Nc1nc(Cl)nc(Cl)n1. The fraction of sp³-hybridized carbons (Fsp3) is 0. The molecule has 0 aliphatic heterocycles. The number of benzene rings is 1. The van der Waals surface area contributed by atoms with Crippen LogP contribution in [0.3, 0.4) is 0 Å². The smallest absolute Gasteiger partial charge is 0.232 e. The highest BCUT2D eigenvalue weighted by atomic mass is 35.5. The lowest BCUT2D eigenvalue weighted by molar-refractivity contribution is 0.631. The van der Waals surface area contributed by atoms with Crippen LogP contribution in [0.2, 0.25) is 15.6 Å². The van der Waals surface area contributed by atoms with Gasteiger partial charge in [-0.05, 0) is 41.4 Å². The molecule has 0 amide bonds. The molecule has 0 saturated heterocycles. The van der Waals surface area contributed by atoms with Crippen LogP contribution in [0.15, 0.2) is 18.2 Å². The topological polar surface area (TPSA) is 50.7 Å². The molecule has 2 rings (SSSR count). The third-order valence-corrected chi connectivity index (χ3v) is 2.33. The number of hydrogen-bond acceptors (Lipinski definition) is 4. The molecule has 0 bridgehead atoms. The zero-order valence-electron chi connectivity index (χ0n) is 8.09. The van der Waals surface area contributed by atoms with E-state index in [2.05, 4.69) is 20.3 Å². The molecule has 0 unspecified atom stereocenters. The Bertz CT molecular complexity index is 544. The van der Waals surface area contributed by atoms with E-state index < -0.39 is 5.82 Å². The second kappa shape index (κ2) is 5.00. The van der Waals surface area contributed by atoms with Crippen LogP contribution in [0.25, 0.3) is 0 Å². The molecule has 1 aromatic carbocycles. The van der Waals surface area contributed by atoms with Gasteiger partial charge < -0.3 is 5.32 Å². The van der Waals surface area contributed by atoms with Gasteiger partial charge >= 0.3 is 0 Å². The molecule has 0 aliphatic rings. The van der Waals surface area contributed by atoms with Gasteiger partial charge in [-0.3, -0.25) is 0 Å². The summed E-state index contributed by atoms with van der Waals surface area (Å²) in [5.74, 6) is -0.485.